The Balaban J connectivity index is 1.76. The van der Waals surface area contributed by atoms with Crippen LogP contribution in [0.2, 0.25) is 0 Å². The molecule has 6 heteroatoms. The van der Waals surface area contributed by atoms with Gasteiger partial charge in [0.2, 0.25) is 0 Å². The maximum atomic E-state index is 5.66. The number of methoxy groups -OCH3 is 2. The molecular formula is C19H17NO5. The lowest BCUT2D eigenvalue weighted by Crippen LogP contribution is -2.15. The van der Waals surface area contributed by atoms with Crippen molar-refractivity contribution in [2.24, 2.45) is 0 Å². The van der Waals surface area contributed by atoms with E-state index in [1.807, 2.05) is 36.4 Å². The average Bonchev–Trinajstić information content (AvgIpc) is 3.16. The fraction of sp³-hybridized carbons (Fsp3) is 0.211. The van der Waals surface area contributed by atoms with Gasteiger partial charge in [0.05, 0.1) is 14.2 Å². The third kappa shape index (κ3) is 2.76. The number of fused-ring (bicyclic) bond motifs is 1. The molecule has 1 aromatic heterocycles. The average molecular weight is 339 g/mol. The van der Waals surface area contributed by atoms with Crippen LogP contribution in [0.4, 0.5) is 0 Å². The van der Waals surface area contributed by atoms with Crippen LogP contribution < -0.4 is 18.9 Å². The van der Waals surface area contributed by atoms with E-state index < -0.39 is 0 Å². The molecule has 0 spiro atoms. The maximum absolute atomic E-state index is 5.66. The van der Waals surface area contributed by atoms with Crippen LogP contribution in [0.25, 0.3) is 22.4 Å². The highest BCUT2D eigenvalue weighted by atomic mass is 16.6. The molecule has 25 heavy (non-hydrogen) atoms. The summed E-state index contributed by atoms with van der Waals surface area (Å²) in [6.07, 6.45) is 1.62. The van der Waals surface area contributed by atoms with Crippen LogP contribution in [-0.2, 0) is 0 Å². The number of ether oxygens (including phenoxy) is 4. The van der Waals surface area contributed by atoms with Crippen LogP contribution in [0, 0.1) is 0 Å². The molecule has 0 N–H and O–H groups in total. The summed E-state index contributed by atoms with van der Waals surface area (Å²) in [5, 5.41) is 4.16. The van der Waals surface area contributed by atoms with E-state index in [1.165, 1.54) is 0 Å². The van der Waals surface area contributed by atoms with Gasteiger partial charge in [-0.05, 0) is 35.9 Å². The lowest BCUT2D eigenvalue weighted by atomic mass is 10.0. The predicted octanol–water partition coefficient (Wildman–Crippen LogP) is 3.80. The highest BCUT2D eigenvalue weighted by Crippen LogP contribution is 2.39. The van der Waals surface area contributed by atoms with Gasteiger partial charge in [-0.1, -0.05) is 11.2 Å². The zero-order chi connectivity index (χ0) is 17.2. The maximum Gasteiger partial charge on any atom is 0.161 e. The lowest BCUT2D eigenvalue weighted by molar-refractivity contribution is 0.171. The summed E-state index contributed by atoms with van der Waals surface area (Å²) in [7, 11) is 3.21. The topological polar surface area (TPSA) is 63.0 Å². The van der Waals surface area contributed by atoms with E-state index in [2.05, 4.69) is 5.16 Å². The van der Waals surface area contributed by atoms with Crippen molar-refractivity contribution in [2.45, 2.75) is 0 Å². The molecule has 0 atom stereocenters. The van der Waals surface area contributed by atoms with Gasteiger partial charge in [-0.15, -0.1) is 0 Å². The number of rotatable bonds is 4. The minimum absolute atomic E-state index is 0.544. The second-order valence-corrected chi connectivity index (χ2v) is 5.51. The largest absolute Gasteiger partial charge is 0.493 e. The third-order valence-electron chi connectivity index (χ3n) is 4.08. The molecule has 0 aliphatic carbocycles. The van der Waals surface area contributed by atoms with Gasteiger partial charge in [-0.25, -0.2) is 0 Å². The van der Waals surface area contributed by atoms with Gasteiger partial charge in [-0.2, -0.15) is 0 Å². The smallest absolute Gasteiger partial charge is 0.161 e. The first-order valence-corrected chi connectivity index (χ1v) is 7.87. The third-order valence-corrected chi connectivity index (χ3v) is 4.08. The molecule has 2 aromatic carbocycles. The molecule has 128 valence electrons. The SMILES string of the molecule is COc1ccc(-c2nocc2-c2ccc3c(c2)OCCO3)cc1OC. The van der Waals surface area contributed by atoms with Crippen LogP contribution in [0.5, 0.6) is 23.0 Å². The summed E-state index contributed by atoms with van der Waals surface area (Å²) in [6, 6.07) is 11.4. The molecule has 0 unspecified atom stereocenters. The Morgan fingerprint density at radius 2 is 1.60 bits per heavy atom. The molecule has 4 rings (SSSR count). The van der Waals surface area contributed by atoms with Gasteiger partial charge < -0.3 is 23.5 Å². The molecule has 1 aliphatic heterocycles. The van der Waals surface area contributed by atoms with Crippen molar-refractivity contribution in [2.75, 3.05) is 27.4 Å². The molecule has 1 aliphatic rings. The second kappa shape index (κ2) is 6.39. The van der Waals surface area contributed by atoms with Crippen LogP contribution >= 0.6 is 0 Å². The van der Waals surface area contributed by atoms with E-state index >= 15 is 0 Å². The summed E-state index contributed by atoms with van der Waals surface area (Å²) in [5.41, 5.74) is 3.40. The Hall–Kier alpha value is -3.15. The van der Waals surface area contributed by atoms with Crippen LogP contribution in [0.1, 0.15) is 0 Å². The summed E-state index contributed by atoms with van der Waals surface area (Å²) in [6.45, 7) is 1.11. The highest BCUT2D eigenvalue weighted by molar-refractivity contribution is 5.81. The van der Waals surface area contributed by atoms with Gasteiger partial charge in [0.15, 0.2) is 23.0 Å². The highest BCUT2D eigenvalue weighted by Gasteiger charge is 2.18. The first kappa shape index (κ1) is 15.4. The monoisotopic (exact) mass is 339 g/mol. The first-order valence-electron chi connectivity index (χ1n) is 7.87. The quantitative estimate of drug-likeness (QED) is 0.720. The fourth-order valence-electron chi connectivity index (χ4n) is 2.84. The van der Waals surface area contributed by atoms with E-state index in [0.717, 1.165) is 33.9 Å². The van der Waals surface area contributed by atoms with Crippen molar-refractivity contribution < 1.29 is 23.5 Å². The molecule has 0 amide bonds. The Bertz CT molecular complexity index is 849. The van der Waals surface area contributed by atoms with Crippen molar-refractivity contribution >= 4 is 0 Å². The van der Waals surface area contributed by atoms with E-state index in [1.54, 1.807) is 20.5 Å². The Kier molecular flexibility index (Phi) is 3.93. The predicted molar refractivity (Wildman–Crippen MR) is 91.5 cm³/mol. The van der Waals surface area contributed by atoms with Crippen LogP contribution in [0.15, 0.2) is 47.2 Å². The molecule has 0 saturated carbocycles. The number of hydrogen-bond donors (Lipinski definition) is 0. The first-order chi connectivity index (χ1) is 12.3. The minimum Gasteiger partial charge on any atom is -0.493 e. The summed E-state index contributed by atoms with van der Waals surface area (Å²) in [5.74, 6) is 2.77. The van der Waals surface area contributed by atoms with Crippen LogP contribution in [-0.4, -0.2) is 32.6 Å². The van der Waals surface area contributed by atoms with E-state index in [-0.39, 0.29) is 0 Å². The van der Waals surface area contributed by atoms with E-state index in [9.17, 15) is 0 Å². The van der Waals surface area contributed by atoms with Crippen molar-refractivity contribution in [1.29, 1.82) is 0 Å². The summed E-state index contributed by atoms with van der Waals surface area (Å²) in [4.78, 5) is 0. The Labute approximate surface area is 144 Å². The van der Waals surface area contributed by atoms with Crippen molar-refractivity contribution in [3.8, 4) is 45.4 Å². The van der Waals surface area contributed by atoms with E-state index in [4.69, 9.17) is 23.5 Å². The standard InChI is InChI=1S/C19H17NO5/c1-21-15-5-4-13(10-17(15)22-2)19-14(11-25-20-19)12-3-6-16-18(9-12)24-8-7-23-16/h3-6,9-11H,7-8H2,1-2H3. The van der Waals surface area contributed by atoms with Gasteiger partial charge in [0.1, 0.15) is 25.2 Å². The van der Waals surface area contributed by atoms with E-state index in [0.29, 0.717) is 24.7 Å². The fourth-order valence-corrected chi connectivity index (χ4v) is 2.84. The van der Waals surface area contributed by atoms with Gasteiger partial charge >= 0.3 is 0 Å². The zero-order valence-corrected chi connectivity index (χ0v) is 13.9. The van der Waals surface area contributed by atoms with Crippen molar-refractivity contribution in [1.82, 2.24) is 5.16 Å². The van der Waals surface area contributed by atoms with Crippen LogP contribution in [0.3, 0.4) is 0 Å². The minimum atomic E-state index is 0.544. The molecule has 0 fully saturated rings. The van der Waals surface area contributed by atoms with Gasteiger partial charge in [0, 0.05) is 11.1 Å². The number of nitrogens with zero attached hydrogens (tertiary/aromatic N) is 1. The Morgan fingerprint density at radius 3 is 2.40 bits per heavy atom. The number of hydrogen-bond acceptors (Lipinski definition) is 6. The van der Waals surface area contributed by atoms with Gasteiger partial charge in [0.25, 0.3) is 0 Å². The second-order valence-electron chi connectivity index (χ2n) is 5.51. The molecular weight excluding hydrogens is 322 g/mol. The van der Waals surface area contributed by atoms with Gasteiger partial charge in [-0.3, -0.25) is 0 Å². The number of benzene rings is 2. The number of aromatic nitrogens is 1. The lowest BCUT2D eigenvalue weighted by Gasteiger charge is -2.18. The summed E-state index contributed by atoms with van der Waals surface area (Å²) >= 11 is 0. The molecule has 2 heterocycles. The molecule has 0 radical (unpaired) electrons. The molecule has 0 bridgehead atoms. The molecule has 0 saturated heterocycles. The summed E-state index contributed by atoms with van der Waals surface area (Å²) < 4.78 is 27.1. The Morgan fingerprint density at radius 1 is 0.840 bits per heavy atom. The van der Waals surface area contributed by atoms with Crippen molar-refractivity contribution in [3.05, 3.63) is 42.7 Å². The zero-order valence-electron chi connectivity index (χ0n) is 13.9. The van der Waals surface area contributed by atoms with Crippen molar-refractivity contribution in [3.63, 3.8) is 0 Å². The normalized spacial score (nSPS) is 12.7. The molecule has 6 nitrogen and oxygen atoms in total. The molecule has 3 aromatic rings.